The molecule has 2 nitrogen and oxygen atoms in total. The van der Waals surface area contributed by atoms with Crippen molar-refractivity contribution in [2.75, 3.05) is 5.75 Å². The third kappa shape index (κ3) is 6.97. The van der Waals surface area contributed by atoms with Crippen LogP contribution in [0.25, 0.3) is 0 Å². The van der Waals surface area contributed by atoms with Gasteiger partial charge >= 0.3 is 0 Å². The largest absolute Gasteiger partial charge is 0.224 e. The molecule has 0 atom stereocenters. The van der Waals surface area contributed by atoms with Crippen molar-refractivity contribution in [3.05, 3.63) is 42.5 Å². The normalized spacial score (nSPS) is 16.0. The van der Waals surface area contributed by atoms with E-state index in [1.807, 2.05) is 30.3 Å². The van der Waals surface area contributed by atoms with E-state index in [9.17, 15) is 8.42 Å². The van der Waals surface area contributed by atoms with Crippen LogP contribution < -0.4 is 0 Å². The summed E-state index contributed by atoms with van der Waals surface area (Å²) in [6, 6.07) is 7.74. The summed E-state index contributed by atoms with van der Waals surface area (Å²) < 4.78 is 25.0. The van der Waals surface area contributed by atoms with Crippen LogP contribution >= 0.6 is 0 Å². The lowest BCUT2D eigenvalue weighted by atomic mass is 9.84. The van der Waals surface area contributed by atoms with Gasteiger partial charge in [0.05, 0.1) is 10.6 Å². The van der Waals surface area contributed by atoms with E-state index in [1.54, 1.807) is 0 Å². The highest BCUT2D eigenvalue weighted by molar-refractivity contribution is 7.91. The Morgan fingerprint density at radius 1 is 0.880 bits per heavy atom. The molecule has 3 heteroatoms. The fourth-order valence-corrected chi connectivity index (χ4v) is 5.16. The summed E-state index contributed by atoms with van der Waals surface area (Å²) in [6.07, 6.45) is 16.0. The van der Waals surface area contributed by atoms with Crippen molar-refractivity contribution in [2.24, 2.45) is 0 Å². The molecular weight excluding hydrogens is 328 g/mol. The van der Waals surface area contributed by atoms with Crippen LogP contribution in [0.5, 0.6) is 0 Å². The zero-order valence-electron chi connectivity index (χ0n) is 15.6. The third-order valence-corrected chi connectivity index (χ3v) is 7.20. The molecule has 0 saturated heterocycles. The number of rotatable bonds is 11. The van der Waals surface area contributed by atoms with E-state index in [1.165, 1.54) is 56.9 Å². The van der Waals surface area contributed by atoms with E-state index < -0.39 is 9.84 Å². The van der Waals surface area contributed by atoms with Gasteiger partial charge in [0.25, 0.3) is 0 Å². The van der Waals surface area contributed by atoms with Gasteiger partial charge in [-0.15, -0.1) is 6.58 Å². The maximum absolute atomic E-state index is 12.5. The lowest BCUT2D eigenvalue weighted by Gasteiger charge is -2.22. The molecule has 1 aromatic rings. The highest BCUT2D eigenvalue weighted by Gasteiger charge is 2.18. The fourth-order valence-electron chi connectivity index (χ4n) is 3.79. The zero-order chi connectivity index (χ0) is 18.0. The van der Waals surface area contributed by atoms with Gasteiger partial charge in [-0.2, -0.15) is 0 Å². The average molecular weight is 363 g/mol. The van der Waals surface area contributed by atoms with Crippen LogP contribution in [0, 0.1) is 0 Å². The summed E-state index contributed by atoms with van der Waals surface area (Å²) in [4.78, 5) is 0.498. The van der Waals surface area contributed by atoms with Crippen molar-refractivity contribution in [3.8, 4) is 0 Å². The second kappa shape index (κ2) is 10.8. The van der Waals surface area contributed by atoms with Gasteiger partial charge in [-0.05, 0) is 55.7 Å². The maximum atomic E-state index is 12.5. The van der Waals surface area contributed by atoms with E-state index >= 15 is 0 Å². The Labute approximate surface area is 154 Å². The van der Waals surface area contributed by atoms with Crippen LogP contribution in [0.4, 0.5) is 0 Å². The van der Waals surface area contributed by atoms with Crippen LogP contribution in [-0.4, -0.2) is 14.2 Å². The number of unbranched alkanes of at least 4 members (excludes halogenated alkanes) is 6. The molecule has 1 fully saturated rings. The Balaban J connectivity index is 1.74. The second-order valence-corrected chi connectivity index (χ2v) is 9.53. The van der Waals surface area contributed by atoms with Crippen LogP contribution in [0.1, 0.15) is 88.5 Å². The highest BCUT2D eigenvalue weighted by atomic mass is 32.2. The number of hydrogen-bond acceptors (Lipinski definition) is 2. The summed E-state index contributed by atoms with van der Waals surface area (Å²) in [5.41, 5.74) is 1.32. The minimum absolute atomic E-state index is 0.280. The first kappa shape index (κ1) is 20.2. The van der Waals surface area contributed by atoms with Crippen molar-refractivity contribution in [1.29, 1.82) is 0 Å². The molecule has 1 aliphatic rings. The topological polar surface area (TPSA) is 34.1 Å². The quantitative estimate of drug-likeness (QED) is 0.336. The standard InChI is InChI=1S/C22H34O2S/c1-2-3-4-5-6-7-8-12-19-25(23,24)22-17-15-21(16-18-22)20-13-10-9-11-14-20/h2,15-18,20H,1,3-14,19H2. The van der Waals surface area contributed by atoms with Gasteiger partial charge in [-0.3, -0.25) is 0 Å². The van der Waals surface area contributed by atoms with Gasteiger partial charge in [0.15, 0.2) is 9.84 Å². The number of sulfone groups is 1. The Morgan fingerprint density at radius 2 is 1.48 bits per heavy atom. The molecule has 1 saturated carbocycles. The van der Waals surface area contributed by atoms with Gasteiger partial charge in [0.1, 0.15) is 0 Å². The second-order valence-electron chi connectivity index (χ2n) is 7.42. The number of allylic oxidation sites excluding steroid dienone is 1. The summed E-state index contributed by atoms with van der Waals surface area (Å²) in [7, 11) is -3.12. The summed E-state index contributed by atoms with van der Waals surface area (Å²) in [5.74, 6) is 0.911. The highest BCUT2D eigenvalue weighted by Crippen LogP contribution is 2.33. The maximum Gasteiger partial charge on any atom is 0.178 e. The molecule has 0 amide bonds. The van der Waals surface area contributed by atoms with Crippen LogP contribution in [0.2, 0.25) is 0 Å². The predicted molar refractivity (Wildman–Crippen MR) is 107 cm³/mol. The zero-order valence-corrected chi connectivity index (χ0v) is 16.4. The van der Waals surface area contributed by atoms with Crippen molar-refractivity contribution in [3.63, 3.8) is 0 Å². The molecular formula is C22H34O2S. The lowest BCUT2D eigenvalue weighted by molar-refractivity contribution is 0.443. The van der Waals surface area contributed by atoms with E-state index in [2.05, 4.69) is 6.58 Å². The number of hydrogen-bond donors (Lipinski definition) is 0. The smallest absolute Gasteiger partial charge is 0.178 e. The van der Waals surface area contributed by atoms with E-state index in [4.69, 9.17) is 0 Å². The lowest BCUT2D eigenvalue weighted by Crippen LogP contribution is -2.08. The Hall–Kier alpha value is -1.09. The SMILES string of the molecule is C=CCCCCCCCCS(=O)(=O)c1ccc(C2CCCCC2)cc1. The number of benzene rings is 1. The first-order valence-electron chi connectivity index (χ1n) is 10.1. The van der Waals surface area contributed by atoms with Crippen molar-refractivity contribution in [2.45, 2.75) is 87.9 Å². The molecule has 25 heavy (non-hydrogen) atoms. The average Bonchev–Trinajstić information content (AvgIpc) is 2.65. The molecule has 0 bridgehead atoms. The summed E-state index contributed by atoms with van der Waals surface area (Å²) >= 11 is 0. The van der Waals surface area contributed by atoms with Gasteiger partial charge in [-0.1, -0.05) is 63.2 Å². The first-order chi connectivity index (χ1) is 12.1. The molecule has 0 radical (unpaired) electrons. The third-order valence-electron chi connectivity index (χ3n) is 5.39. The van der Waals surface area contributed by atoms with Crippen molar-refractivity contribution in [1.82, 2.24) is 0 Å². The molecule has 140 valence electrons. The molecule has 2 rings (SSSR count). The Kier molecular flexibility index (Phi) is 8.74. The Bertz CT molecular complexity index is 595. The molecule has 0 N–H and O–H groups in total. The molecule has 0 aromatic heterocycles. The van der Waals surface area contributed by atoms with Crippen molar-refractivity contribution < 1.29 is 8.42 Å². The van der Waals surface area contributed by atoms with Crippen LogP contribution in [0.15, 0.2) is 41.8 Å². The minimum Gasteiger partial charge on any atom is -0.224 e. The van der Waals surface area contributed by atoms with Gasteiger partial charge in [0, 0.05) is 0 Å². The van der Waals surface area contributed by atoms with E-state index in [-0.39, 0.29) is 5.75 Å². The monoisotopic (exact) mass is 362 g/mol. The predicted octanol–water partition coefficient (Wildman–Crippen LogP) is 6.42. The van der Waals surface area contributed by atoms with Crippen LogP contribution in [0.3, 0.4) is 0 Å². The van der Waals surface area contributed by atoms with E-state index in [0.29, 0.717) is 10.8 Å². The summed E-state index contributed by atoms with van der Waals surface area (Å²) in [5, 5.41) is 0. The fraction of sp³-hybridized carbons (Fsp3) is 0.636. The Morgan fingerprint density at radius 3 is 2.12 bits per heavy atom. The molecule has 1 aromatic carbocycles. The molecule has 0 heterocycles. The molecule has 0 aliphatic heterocycles. The van der Waals surface area contributed by atoms with Gasteiger partial charge in [-0.25, -0.2) is 8.42 Å². The van der Waals surface area contributed by atoms with Gasteiger partial charge < -0.3 is 0 Å². The van der Waals surface area contributed by atoms with Crippen molar-refractivity contribution >= 4 is 9.84 Å². The van der Waals surface area contributed by atoms with E-state index in [0.717, 1.165) is 25.7 Å². The molecule has 1 aliphatic carbocycles. The first-order valence-corrected chi connectivity index (χ1v) is 11.7. The molecule has 0 spiro atoms. The van der Waals surface area contributed by atoms with Gasteiger partial charge in [0.2, 0.25) is 0 Å². The molecule has 0 unspecified atom stereocenters. The van der Waals surface area contributed by atoms with Crippen LogP contribution in [-0.2, 0) is 9.84 Å². The summed E-state index contributed by atoms with van der Waals surface area (Å²) in [6.45, 7) is 3.73. The minimum atomic E-state index is -3.12.